The molecule has 2 aromatic rings. The van der Waals surface area contributed by atoms with Gasteiger partial charge >= 0.3 is 0 Å². The van der Waals surface area contributed by atoms with Crippen LogP contribution >= 0.6 is 11.6 Å². The van der Waals surface area contributed by atoms with Gasteiger partial charge in [0, 0.05) is 24.9 Å². The summed E-state index contributed by atoms with van der Waals surface area (Å²) in [7, 11) is 1.64. The molecule has 1 aliphatic carbocycles. The number of rotatable bonds is 5. The van der Waals surface area contributed by atoms with Crippen molar-refractivity contribution in [2.24, 2.45) is 11.3 Å². The number of aryl methyl sites for hydroxylation is 1. The summed E-state index contributed by atoms with van der Waals surface area (Å²) in [6.45, 7) is 5.59. The highest BCUT2D eigenvalue weighted by atomic mass is 35.5. The Kier molecular flexibility index (Phi) is 3.36. The lowest BCUT2D eigenvalue weighted by Gasteiger charge is -2.09. The van der Waals surface area contributed by atoms with Crippen LogP contribution < -0.4 is 4.74 Å². The molecule has 1 aliphatic rings. The highest BCUT2D eigenvalue weighted by Gasteiger charge is 2.45. The molecule has 2 aromatic heterocycles. The Hall–Kier alpha value is -1.29. The fourth-order valence-corrected chi connectivity index (χ4v) is 2.89. The first kappa shape index (κ1) is 13.7. The lowest BCUT2D eigenvalue weighted by Crippen LogP contribution is -2.09. The Morgan fingerprint density at radius 3 is 2.75 bits per heavy atom. The topological polar surface area (TPSA) is 39.9 Å². The molecule has 1 unspecified atom stereocenters. The average Bonchev–Trinajstić information content (AvgIpc) is 2.88. The van der Waals surface area contributed by atoms with Gasteiger partial charge in [-0.2, -0.15) is 4.98 Å². The van der Waals surface area contributed by atoms with E-state index in [1.54, 1.807) is 7.11 Å². The quantitative estimate of drug-likeness (QED) is 0.794. The maximum absolute atomic E-state index is 5.90. The van der Waals surface area contributed by atoms with Crippen molar-refractivity contribution in [2.75, 3.05) is 13.0 Å². The number of pyridine rings is 1. The minimum Gasteiger partial charge on any atom is -0.481 e. The second kappa shape index (κ2) is 4.92. The van der Waals surface area contributed by atoms with Gasteiger partial charge in [0.1, 0.15) is 11.3 Å². The van der Waals surface area contributed by atoms with E-state index in [2.05, 4.69) is 28.4 Å². The van der Waals surface area contributed by atoms with E-state index in [4.69, 9.17) is 16.3 Å². The summed E-state index contributed by atoms with van der Waals surface area (Å²) in [6, 6.07) is 3.82. The number of fused-ring (bicyclic) bond motifs is 1. The molecule has 0 saturated heterocycles. The molecule has 5 heteroatoms. The van der Waals surface area contributed by atoms with Crippen LogP contribution in [0.3, 0.4) is 0 Å². The van der Waals surface area contributed by atoms with Crippen LogP contribution in [-0.4, -0.2) is 27.5 Å². The Morgan fingerprint density at radius 2 is 2.15 bits per heavy atom. The van der Waals surface area contributed by atoms with E-state index in [-0.39, 0.29) is 0 Å². The fourth-order valence-electron chi connectivity index (χ4n) is 2.72. The van der Waals surface area contributed by atoms with Crippen molar-refractivity contribution >= 4 is 22.8 Å². The molecule has 2 heterocycles. The average molecular weight is 294 g/mol. The number of imidazole rings is 1. The zero-order valence-electron chi connectivity index (χ0n) is 12.2. The highest BCUT2D eigenvalue weighted by molar-refractivity contribution is 6.17. The van der Waals surface area contributed by atoms with Crippen LogP contribution in [0.15, 0.2) is 12.1 Å². The molecule has 0 amide bonds. The van der Waals surface area contributed by atoms with Crippen LogP contribution in [0.5, 0.6) is 5.88 Å². The van der Waals surface area contributed by atoms with Gasteiger partial charge in [0.05, 0.1) is 7.11 Å². The van der Waals surface area contributed by atoms with Crippen LogP contribution in [0.1, 0.15) is 26.1 Å². The first-order valence-corrected chi connectivity index (χ1v) is 7.54. The zero-order chi connectivity index (χ0) is 14.3. The monoisotopic (exact) mass is 293 g/mol. The molecule has 1 atom stereocenters. The Morgan fingerprint density at radius 1 is 1.40 bits per heavy atom. The molecule has 108 valence electrons. The Labute approximate surface area is 124 Å². The lowest BCUT2D eigenvalue weighted by molar-refractivity contribution is 0.398. The summed E-state index contributed by atoms with van der Waals surface area (Å²) in [5.74, 6) is 2.93. The standard InChI is InChI=1S/C15H20ClN3O/c1-15(2)8-10(15)9-19-12(6-7-16)17-11-4-5-13(20-3)18-14(11)19/h4-5,10H,6-9H2,1-3H3. The first-order valence-electron chi connectivity index (χ1n) is 7.01. The van der Waals surface area contributed by atoms with E-state index in [1.807, 2.05) is 12.1 Å². The van der Waals surface area contributed by atoms with Crippen molar-refractivity contribution < 1.29 is 4.74 Å². The van der Waals surface area contributed by atoms with Gasteiger partial charge in [-0.3, -0.25) is 0 Å². The molecular formula is C15H20ClN3O. The first-order chi connectivity index (χ1) is 9.55. The second-order valence-electron chi connectivity index (χ2n) is 6.16. The number of hydrogen-bond acceptors (Lipinski definition) is 3. The van der Waals surface area contributed by atoms with E-state index < -0.39 is 0 Å². The van der Waals surface area contributed by atoms with Gasteiger partial charge in [-0.25, -0.2) is 4.98 Å². The molecule has 0 radical (unpaired) electrons. The van der Waals surface area contributed by atoms with E-state index in [0.717, 1.165) is 30.0 Å². The summed E-state index contributed by atoms with van der Waals surface area (Å²) in [4.78, 5) is 9.23. The molecule has 1 fully saturated rings. The number of ether oxygens (including phenoxy) is 1. The molecule has 0 N–H and O–H groups in total. The number of nitrogens with zero attached hydrogens (tertiary/aromatic N) is 3. The molecule has 20 heavy (non-hydrogen) atoms. The number of methoxy groups -OCH3 is 1. The van der Waals surface area contributed by atoms with Crippen molar-refractivity contribution in [2.45, 2.75) is 33.2 Å². The fraction of sp³-hybridized carbons (Fsp3) is 0.600. The Balaban J connectivity index is 2.02. The minimum absolute atomic E-state index is 0.438. The van der Waals surface area contributed by atoms with Crippen molar-refractivity contribution in [3.63, 3.8) is 0 Å². The van der Waals surface area contributed by atoms with E-state index in [1.165, 1.54) is 6.42 Å². The van der Waals surface area contributed by atoms with Crippen molar-refractivity contribution in [3.05, 3.63) is 18.0 Å². The molecule has 0 bridgehead atoms. The van der Waals surface area contributed by atoms with Gasteiger partial charge < -0.3 is 9.30 Å². The molecule has 1 saturated carbocycles. The molecule has 4 nitrogen and oxygen atoms in total. The molecule has 0 aliphatic heterocycles. The summed E-state index contributed by atoms with van der Waals surface area (Å²) < 4.78 is 7.45. The zero-order valence-corrected chi connectivity index (χ0v) is 12.9. The molecular weight excluding hydrogens is 274 g/mol. The predicted molar refractivity (Wildman–Crippen MR) is 80.4 cm³/mol. The maximum atomic E-state index is 5.90. The van der Waals surface area contributed by atoms with Crippen LogP contribution in [0.2, 0.25) is 0 Å². The van der Waals surface area contributed by atoms with Gasteiger partial charge in [0.15, 0.2) is 5.65 Å². The molecule has 0 aromatic carbocycles. The van der Waals surface area contributed by atoms with E-state index in [9.17, 15) is 0 Å². The van der Waals surface area contributed by atoms with Crippen LogP contribution in [0.25, 0.3) is 11.2 Å². The number of alkyl halides is 1. The summed E-state index contributed by atoms with van der Waals surface area (Å²) in [6.07, 6.45) is 2.03. The third-order valence-electron chi connectivity index (χ3n) is 4.29. The van der Waals surface area contributed by atoms with E-state index in [0.29, 0.717) is 23.1 Å². The lowest BCUT2D eigenvalue weighted by atomic mass is 10.1. The number of aromatic nitrogens is 3. The van der Waals surface area contributed by atoms with Crippen molar-refractivity contribution in [1.82, 2.24) is 14.5 Å². The number of hydrogen-bond donors (Lipinski definition) is 0. The number of halogens is 1. The largest absolute Gasteiger partial charge is 0.481 e. The van der Waals surface area contributed by atoms with Crippen molar-refractivity contribution in [3.8, 4) is 5.88 Å². The van der Waals surface area contributed by atoms with E-state index >= 15 is 0 Å². The van der Waals surface area contributed by atoms with Gasteiger partial charge in [0.2, 0.25) is 5.88 Å². The maximum Gasteiger partial charge on any atom is 0.215 e. The van der Waals surface area contributed by atoms with Gasteiger partial charge in [-0.15, -0.1) is 11.6 Å². The van der Waals surface area contributed by atoms with Crippen molar-refractivity contribution in [1.29, 1.82) is 0 Å². The normalized spacial score (nSPS) is 20.3. The van der Waals surface area contributed by atoms with Crippen LogP contribution in [0.4, 0.5) is 0 Å². The van der Waals surface area contributed by atoms with Gasteiger partial charge in [-0.05, 0) is 23.8 Å². The summed E-state index contributed by atoms with van der Waals surface area (Å²) in [5.41, 5.74) is 2.27. The third kappa shape index (κ3) is 2.37. The van der Waals surface area contributed by atoms with Gasteiger partial charge in [0.25, 0.3) is 0 Å². The van der Waals surface area contributed by atoms with Crippen LogP contribution in [-0.2, 0) is 13.0 Å². The minimum atomic E-state index is 0.438. The summed E-state index contributed by atoms with van der Waals surface area (Å²) >= 11 is 5.90. The second-order valence-corrected chi connectivity index (χ2v) is 6.54. The highest BCUT2D eigenvalue weighted by Crippen LogP contribution is 2.52. The Bertz CT molecular complexity index is 635. The van der Waals surface area contributed by atoms with Crippen LogP contribution in [0, 0.1) is 11.3 Å². The predicted octanol–water partition coefficient (Wildman–Crippen LogP) is 3.27. The third-order valence-corrected chi connectivity index (χ3v) is 4.48. The smallest absolute Gasteiger partial charge is 0.215 e. The molecule has 3 rings (SSSR count). The molecule has 0 spiro atoms. The SMILES string of the molecule is COc1ccc2nc(CCCl)n(CC3CC3(C)C)c2n1. The summed E-state index contributed by atoms with van der Waals surface area (Å²) in [5, 5.41) is 0. The van der Waals surface area contributed by atoms with Gasteiger partial charge in [-0.1, -0.05) is 13.8 Å².